The number of pyridine rings is 2. The third-order valence-electron chi connectivity index (χ3n) is 5.68. The van der Waals surface area contributed by atoms with Gasteiger partial charge in [-0.3, -0.25) is 9.97 Å². The number of aromatic nitrogens is 4. The average molecular weight is 386 g/mol. The molecular formula is C26H18N4. The molecule has 0 aliphatic rings. The maximum atomic E-state index is 4.95. The molecule has 142 valence electrons. The van der Waals surface area contributed by atoms with E-state index in [4.69, 9.17) is 4.98 Å². The van der Waals surface area contributed by atoms with E-state index in [1.54, 1.807) is 0 Å². The summed E-state index contributed by atoms with van der Waals surface area (Å²) in [6.07, 6.45) is 3.65. The summed E-state index contributed by atoms with van der Waals surface area (Å²) < 4.78 is 2.15. The van der Waals surface area contributed by atoms with Gasteiger partial charge in [-0.1, -0.05) is 48.5 Å². The van der Waals surface area contributed by atoms with Gasteiger partial charge in [-0.25, -0.2) is 4.98 Å². The lowest BCUT2D eigenvalue weighted by Gasteiger charge is -2.10. The van der Waals surface area contributed by atoms with Gasteiger partial charge in [0, 0.05) is 35.8 Å². The summed E-state index contributed by atoms with van der Waals surface area (Å²) in [5, 5.41) is 2.19. The molecule has 3 aromatic carbocycles. The molecule has 0 amide bonds. The highest BCUT2D eigenvalue weighted by Crippen LogP contribution is 2.35. The lowest BCUT2D eigenvalue weighted by molar-refractivity contribution is 0.959. The first-order chi connectivity index (χ1) is 14.8. The lowest BCUT2D eigenvalue weighted by atomic mass is 9.97. The Morgan fingerprint density at radius 1 is 0.700 bits per heavy atom. The molecule has 4 heteroatoms. The molecule has 0 bridgehead atoms. The van der Waals surface area contributed by atoms with Crippen molar-refractivity contribution in [3.63, 3.8) is 0 Å². The van der Waals surface area contributed by atoms with Crippen molar-refractivity contribution in [3.8, 4) is 22.5 Å². The number of imidazole rings is 1. The monoisotopic (exact) mass is 386 g/mol. The van der Waals surface area contributed by atoms with Crippen LogP contribution in [0.15, 0.2) is 91.3 Å². The SMILES string of the molecule is Cn1c(-c2ccccc2)nc2cc(-c3cc4cccnc4c4ncccc34)ccc21. The Bertz CT molecular complexity index is 1550. The van der Waals surface area contributed by atoms with E-state index in [2.05, 4.69) is 70.1 Å². The van der Waals surface area contributed by atoms with Gasteiger partial charge in [-0.2, -0.15) is 0 Å². The molecule has 0 aliphatic heterocycles. The third kappa shape index (κ3) is 2.51. The maximum Gasteiger partial charge on any atom is 0.140 e. The zero-order chi connectivity index (χ0) is 20.1. The van der Waals surface area contributed by atoms with Crippen molar-refractivity contribution in [2.75, 3.05) is 0 Å². The Morgan fingerprint density at radius 3 is 2.37 bits per heavy atom. The lowest BCUT2D eigenvalue weighted by Crippen LogP contribution is -1.92. The van der Waals surface area contributed by atoms with E-state index in [9.17, 15) is 0 Å². The van der Waals surface area contributed by atoms with Crippen LogP contribution in [-0.4, -0.2) is 19.5 Å². The Labute approximate surface area is 173 Å². The van der Waals surface area contributed by atoms with Gasteiger partial charge in [0.25, 0.3) is 0 Å². The van der Waals surface area contributed by atoms with Crippen molar-refractivity contribution >= 4 is 32.8 Å². The summed E-state index contributed by atoms with van der Waals surface area (Å²) in [6, 6.07) is 27.2. The molecule has 30 heavy (non-hydrogen) atoms. The molecule has 3 aromatic heterocycles. The Balaban J connectivity index is 1.61. The van der Waals surface area contributed by atoms with Crippen LogP contribution in [-0.2, 0) is 7.05 Å². The number of benzene rings is 3. The highest BCUT2D eigenvalue weighted by molar-refractivity contribution is 6.10. The van der Waals surface area contributed by atoms with Gasteiger partial charge in [0.1, 0.15) is 5.82 Å². The van der Waals surface area contributed by atoms with Crippen LogP contribution in [0.25, 0.3) is 55.4 Å². The van der Waals surface area contributed by atoms with Crippen molar-refractivity contribution in [2.24, 2.45) is 7.05 Å². The molecule has 0 atom stereocenters. The van der Waals surface area contributed by atoms with Crippen LogP contribution in [0.2, 0.25) is 0 Å². The zero-order valence-electron chi connectivity index (χ0n) is 16.4. The van der Waals surface area contributed by atoms with E-state index in [1.807, 2.05) is 42.7 Å². The third-order valence-corrected chi connectivity index (χ3v) is 5.68. The minimum absolute atomic E-state index is 0.927. The van der Waals surface area contributed by atoms with Crippen LogP contribution in [0.4, 0.5) is 0 Å². The summed E-state index contributed by atoms with van der Waals surface area (Å²) in [6.45, 7) is 0. The second-order valence-corrected chi connectivity index (χ2v) is 7.46. The summed E-state index contributed by atoms with van der Waals surface area (Å²) >= 11 is 0. The number of fused-ring (bicyclic) bond motifs is 4. The fraction of sp³-hybridized carbons (Fsp3) is 0.0385. The van der Waals surface area contributed by atoms with Gasteiger partial charge in [-0.05, 0) is 41.5 Å². The maximum absolute atomic E-state index is 4.95. The van der Waals surface area contributed by atoms with Crippen LogP contribution < -0.4 is 0 Å². The Kier molecular flexibility index (Phi) is 3.65. The summed E-state index contributed by atoms with van der Waals surface area (Å²) in [7, 11) is 2.07. The van der Waals surface area contributed by atoms with Crippen molar-refractivity contribution in [1.82, 2.24) is 19.5 Å². The zero-order valence-corrected chi connectivity index (χ0v) is 16.4. The van der Waals surface area contributed by atoms with Crippen molar-refractivity contribution < 1.29 is 0 Å². The first-order valence-electron chi connectivity index (χ1n) is 9.94. The quantitative estimate of drug-likeness (QED) is 0.343. The molecule has 0 N–H and O–H groups in total. The minimum atomic E-state index is 0.927. The average Bonchev–Trinajstić information content (AvgIpc) is 3.15. The van der Waals surface area contributed by atoms with Crippen LogP contribution in [0.1, 0.15) is 0 Å². The molecule has 0 aliphatic carbocycles. The highest BCUT2D eigenvalue weighted by Gasteiger charge is 2.14. The van der Waals surface area contributed by atoms with Gasteiger partial charge in [0.05, 0.1) is 22.1 Å². The van der Waals surface area contributed by atoms with E-state index < -0.39 is 0 Å². The summed E-state index contributed by atoms with van der Waals surface area (Å²) in [5.41, 5.74) is 7.35. The molecule has 4 nitrogen and oxygen atoms in total. The molecule has 3 heterocycles. The number of aryl methyl sites for hydroxylation is 1. The van der Waals surface area contributed by atoms with E-state index >= 15 is 0 Å². The first-order valence-corrected chi connectivity index (χ1v) is 9.94. The van der Waals surface area contributed by atoms with Crippen LogP contribution in [0.5, 0.6) is 0 Å². The van der Waals surface area contributed by atoms with Gasteiger partial charge in [-0.15, -0.1) is 0 Å². The van der Waals surface area contributed by atoms with Crippen LogP contribution in [0.3, 0.4) is 0 Å². The second kappa shape index (κ2) is 6.49. The summed E-state index contributed by atoms with van der Waals surface area (Å²) in [5.74, 6) is 0.969. The van der Waals surface area contributed by atoms with Crippen molar-refractivity contribution in [3.05, 3.63) is 91.3 Å². The van der Waals surface area contributed by atoms with Crippen molar-refractivity contribution in [1.29, 1.82) is 0 Å². The number of rotatable bonds is 2. The van der Waals surface area contributed by atoms with E-state index in [0.29, 0.717) is 0 Å². The number of nitrogens with zero attached hydrogens (tertiary/aromatic N) is 4. The largest absolute Gasteiger partial charge is 0.327 e. The van der Waals surface area contributed by atoms with Crippen LogP contribution in [0, 0.1) is 0 Å². The van der Waals surface area contributed by atoms with Gasteiger partial charge in [0.15, 0.2) is 0 Å². The predicted octanol–water partition coefficient (Wildman–Crippen LogP) is 6.00. The molecular weight excluding hydrogens is 368 g/mol. The fourth-order valence-electron chi connectivity index (χ4n) is 4.23. The standard InChI is InChI=1S/C26H18N4/c1-30-23-12-11-18(16-22(23)29-26(30)17-7-3-2-4-8-17)21-15-19-9-5-13-27-24(19)25-20(21)10-6-14-28-25/h2-16H,1H3. The first kappa shape index (κ1) is 16.9. The number of hydrogen-bond acceptors (Lipinski definition) is 3. The van der Waals surface area contributed by atoms with Gasteiger partial charge < -0.3 is 4.57 Å². The normalized spacial score (nSPS) is 11.5. The topological polar surface area (TPSA) is 43.6 Å². The van der Waals surface area contributed by atoms with E-state index in [0.717, 1.165) is 55.4 Å². The highest BCUT2D eigenvalue weighted by atomic mass is 15.1. The molecule has 0 saturated carbocycles. The van der Waals surface area contributed by atoms with Gasteiger partial charge in [0.2, 0.25) is 0 Å². The van der Waals surface area contributed by atoms with Crippen LogP contribution >= 0.6 is 0 Å². The molecule has 6 rings (SSSR count). The van der Waals surface area contributed by atoms with Crippen molar-refractivity contribution in [2.45, 2.75) is 0 Å². The smallest absolute Gasteiger partial charge is 0.140 e. The van der Waals surface area contributed by atoms with E-state index in [1.165, 1.54) is 0 Å². The molecule has 0 saturated heterocycles. The van der Waals surface area contributed by atoms with Gasteiger partial charge >= 0.3 is 0 Å². The van der Waals surface area contributed by atoms with E-state index in [-0.39, 0.29) is 0 Å². The summed E-state index contributed by atoms with van der Waals surface area (Å²) in [4.78, 5) is 14.1. The fourth-order valence-corrected chi connectivity index (χ4v) is 4.23. The molecule has 0 radical (unpaired) electrons. The Hall–Kier alpha value is -4.05. The number of hydrogen-bond donors (Lipinski definition) is 0. The Morgan fingerprint density at radius 2 is 1.50 bits per heavy atom. The molecule has 0 spiro atoms. The molecule has 0 unspecified atom stereocenters. The minimum Gasteiger partial charge on any atom is -0.327 e. The second-order valence-electron chi connectivity index (χ2n) is 7.46. The molecule has 6 aromatic rings. The predicted molar refractivity (Wildman–Crippen MR) is 122 cm³/mol. The molecule has 0 fully saturated rings.